The molecule has 0 aliphatic carbocycles. The molecule has 0 radical (unpaired) electrons. The van der Waals surface area contributed by atoms with Crippen LogP contribution >= 0.6 is 11.8 Å². The molecule has 0 bridgehead atoms. The maximum atomic E-state index is 5.41. The first-order chi connectivity index (χ1) is 7.34. The highest BCUT2D eigenvalue weighted by atomic mass is 32.2. The number of nitrogens with one attached hydrogen (secondary N) is 1. The molecule has 0 atom stereocenters. The normalized spacial score (nSPS) is 10.8. The average molecular weight is 229 g/mol. The standard InChI is InChI=1S/C11H19NO2S/c1-10-3-5-14-11(10)9-15-8-7-13-6-4-12-2/h3,5,12H,4,6-9H2,1-2H3. The number of hydrogen-bond acceptors (Lipinski definition) is 4. The highest BCUT2D eigenvalue weighted by Gasteiger charge is 2.00. The summed E-state index contributed by atoms with van der Waals surface area (Å²) in [6, 6.07) is 2.00. The maximum Gasteiger partial charge on any atom is 0.116 e. The molecule has 0 spiro atoms. The summed E-state index contributed by atoms with van der Waals surface area (Å²) >= 11 is 1.84. The van der Waals surface area contributed by atoms with Crippen molar-refractivity contribution in [1.29, 1.82) is 0 Å². The zero-order chi connectivity index (χ0) is 10.9. The van der Waals surface area contributed by atoms with Crippen molar-refractivity contribution in [1.82, 2.24) is 5.32 Å². The van der Waals surface area contributed by atoms with Gasteiger partial charge in [0.1, 0.15) is 5.76 Å². The van der Waals surface area contributed by atoms with Crippen LogP contribution in [-0.2, 0) is 10.5 Å². The number of likely N-dealkylation sites (N-methyl/N-ethyl adjacent to an activating group) is 1. The zero-order valence-electron chi connectivity index (χ0n) is 9.41. The largest absolute Gasteiger partial charge is 0.468 e. The Hall–Kier alpha value is -0.450. The predicted octanol–water partition coefficient (Wildman–Crippen LogP) is 2.06. The van der Waals surface area contributed by atoms with Crippen molar-refractivity contribution >= 4 is 11.8 Å². The monoisotopic (exact) mass is 229 g/mol. The number of ether oxygens (including phenoxy) is 1. The number of aryl methyl sites for hydroxylation is 1. The van der Waals surface area contributed by atoms with Crippen LogP contribution in [0.15, 0.2) is 16.7 Å². The van der Waals surface area contributed by atoms with Crippen LogP contribution in [0.3, 0.4) is 0 Å². The van der Waals surface area contributed by atoms with Gasteiger partial charge in [0.2, 0.25) is 0 Å². The molecule has 0 amide bonds. The van der Waals surface area contributed by atoms with E-state index in [1.54, 1.807) is 6.26 Å². The molecule has 1 rings (SSSR count). The maximum absolute atomic E-state index is 5.41. The van der Waals surface area contributed by atoms with E-state index in [9.17, 15) is 0 Å². The first kappa shape index (κ1) is 12.6. The van der Waals surface area contributed by atoms with E-state index in [1.807, 2.05) is 24.9 Å². The van der Waals surface area contributed by atoms with Crippen LogP contribution in [-0.4, -0.2) is 32.6 Å². The molecular weight excluding hydrogens is 210 g/mol. The van der Waals surface area contributed by atoms with E-state index in [-0.39, 0.29) is 0 Å². The average Bonchev–Trinajstić information content (AvgIpc) is 2.63. The Kier molecular flexibility index (Phi) is 6.55. The second kappa shape index (κ2) is 7.79. The molecule has 0 saturated carbocycles. The van der Waals surface area contributed by atoms with E-state index >= 15 is 0 Å². The summed E-state index contributed by atoms with van der Waals surface area (Å²) in [5, 5.41) is 3.04. The Labute approximate surface area is 95.6 Å². The van der Waals surface area contributed by atoms with E-state index in [0.717, 1.165) is 37.0 Å². The summed E-state index contributed by atoms with van der Waals surface area (Å²) in [6.07, 6.45) is 1.74. The van der Waals surface area contributed by atoms with Gasteiger partial charge in [-0.05, 0) is 25.6 Å². The summed E-state index contributed by atoms with van der Waals surface area (Å²) in [6.45, 7) is 4.59. The summed E-state index contributed by atoms with van der Waals surface area (Å²) in [4.78, 5) is 0. The molecule has 1 aromatic heterocycles. The number of thioether (sulfide) groups is 1. The molecule has 0 aliphatic heterocycles. The zero-order valence-corrected chi connectivity index (χ0v) is 10.2. The van der Waals surface area contributed by atoms with Gasteiger partial charge in [-0.1, -0.05) is 0 Å². The Bertz CT molecular complexity index is 263. The Morgan fingerprint density at radius 3 is 3.00 bits per heavy atom. The van der Waals surface area contributed by atoms with Crippen LogP contribution in [0.2, 0.25) is 0 Å². The first-order valence-corrected chi connectivity index (χ1v) is 6.33. The van der Waals surface area contributed by atoms with Gasteiger partial charge in [0, 0.05) is 12.3 Å². The van der Waals surface area contributed by atoms with Gasteiger partial charge in [-0.15, -0.1) is 0 Å². The predicted molar refractivity (Wildman–Crippen MR) is 64.4 cm³/mol. The highest BCUT2D eigenvalue weighted by Crippen LogP contribution is 2.16. The van der Waals surface area contributed by atoms with Gasteiger partial charge >= 0.3 is 0 Å². The van der Waals surface area contributed by atoms with Crippen LogP contribution in [0.25, 0.3) is 0 Å². The van der Waals surface area contributed by atoms with Crippen molar-refractivity contribution in [3.05, 3.63) is 23.7 Å². The van der Waals surface area contributed by atoms with E-state index in [1.165, 1.54) is 5.56 Å². The molecule has 0 aromatic carbocycles. The summed E-state index contributed by atoms with van der Waals surface area (Å²) < 4.78 is 10.7. The lowest BCUT2D eigenvalue weighted by molar-refractivity contribution is 0.153. The van der Waals surface area contributed by atoms with Crippen LogP contribution in [0.1, 0.15) is 11.3 Å². The molecule has 86 valence electrons. The molecule has 0 fully saturated rings. The van der Waals surface area contributed by atoms with Gasteiger partial charge in [-0.25, -0.2) is 0 Å². The fourth-order valence-electron chi connectivity index (χ4n) is 1.11. The van der Waals surface area contributed by atoms with E-state index < -0.39 is 0 Å². The Balaban J connectivity index is 1.96. The lowest BCUT2D eigenvalue weighted by Gasteiger charge is -2.03. The molecule has 15 heavy (non-hydrogen) atoms. The smallest absolute Gasteiger partial charge is 0.116 e. The molecule has 3 nitrogen and oxygen atoms in total. The number of furan rings is 1. The number of rotatable bonds is 8. The van der Waals surface area contributed by atoms with Crippen LogP contribution in [0.4, 0.5) is 0 Å². The second-order valence-electron chi connectivity index (χ2n) is 3.30. The number of hydrogen-bond donors (Lipinski definition) is 1. The van der Waals surface area contributed by atoms with Gasteiger partial charge in [-0.2, -0.15) is 11.8 Å². The van der Waals surface area contributed by atoms with E-state index in [2.05, 4.69) is 12.2 Å². The third kappa shape index (κ3) is 5.25. The Morgan fingerprint density at radius 2 is 2.33 bits per heavy atom. The van der Waals surface area contributed by atoms with Crippen molar-refractivity contribution in [3.63, 3.8) is 0 Å². The highest BCUT2D eigenvalue weighted by molar-refractivity contribution is 7.98. The van der Waals surface area contributed by atoms with Gasteiger partial charge in [-0.3, -0.25) is 0 Å². The van der Waals surface area contributed by atoms with Crippen molar-refractivity contribution in [2.24, 2.45) is 0 Å². The van der Waals surface area contributed by atoms with E-state index in [0.29, 0.717) is 0 Å². The summed E-state index contributed by atoms with van der Waals surface area (Å²) in [5.74, 6) is 3.04. The third-order valence-corrected chi connectivity index (χ3v) is 2.99. The summed E-state index contributed by atoms with van der Waals surface area (Å²) in [5.41, 5.74) is 1.23. The molecule has 1 aromatic rings. The topological polar surface area (TPSA) is 34.4 Å². The molecular formula is C11H19NO2S. The van der Waals surface area contributed by atoms with Gasteiger partial charge in [0.25, 0.3) is 0 Å². The second-order valence-corrected chi connectivity index (χ2v) is 4.40. The molecule has 4 heteroatoms. The molecule has 0 aliphatic rings. The van der Waals surface area contributed by atoms with Crippen molar-refractivity contribution < 1.29 is 9.15 Å². The quantitative estimate of drug-likeness (QED) is 0.692. The third-order valence-electron chi connectivity index (χ3n) is 2.07. The minimum Gasteiger partial charge on any atom is -0.468 e. The lowest BCUT2D eigenvalue weighted by atomic mass is 10.3. The molecule has 1 heterocycles. The minimum atomic E-state index is 0.789. The van der Waals surface area contributed by atoms with Crippen molar-refractivity contribution in [2.45, 2.75) is 12.7 Å². The van der Waals surface area contributed by atoms with Crippen LogP contribution in [0.5, 0.6) is 0 Å². The van der Waals surface area contributed by atoms with Crippen molar-refractivity contribution in [3.8, 4) is 0 Å². The van der Waals surface area contributed by atoms with E-state index in [4.69, 9.17) is 9.15 Å². The Morgan fingerprint density at radius 1 is 1.47 bits per heavy atom. The van der Waals surface area contributed by atoms with Gasteiger partial charge < -0.3 is 14.5 Å². The van der Waals surface area contributed by atoms with Crippen LogP contribution < -0.4 is 5.32 Å². The fraction of sp³-hybridized carbons (Fsp3) is 0.636. The van der Waals surface area contributed by atoms with Crippen LogP contribution in [0, 0.1) is 6.92 Å². The fourth-order valence-corrected chi connectivity index (χ4v) is 1.97. The van der Waals surface area contributed by atoms with Gasteiger partial charge in [0.05, 0.1) is 25.2 Å². The molecule has 0 unspecified atom stereocenters. The first-order valence-electron chi connectivity index (χ1n) is 5.17. The SMILES string of the molecule is CNCCOCCSCc1occc1C. The molecule has 0 saturated heterocycles. The summed E-state index contributed by atoms with van der Waals surface area (Å²) in [7, 11) is 1.93. The molecule has 1 N–H and O–H groups in total. The minimum absolute atomic E-state index is 0.789. The van der Waals surface area contributed by atoms with Gasteiger partial charge in [0.15, 0.2) is 0 Å². The van der Waals surface area contributed by atoms with Crippen molar-refractivity contribution in [2.75, 3.05) is 32.6 Å². The lowest BCUT2D eigenvalue weighted by Crippen LogP contribution is -2.15.